The van der Waals surface area contributed by atoms with Gasteiger partial charge in [-0.05, 0) is 19.9 Å². The molecule has 0 bridgehead atoms. The van der Waals surface area contributed by atoms with Crippen LogP contribution in [0.25, 0.3) is 0 Å². The first-order chi connectivity index (χ1) is 3.43. The van der Waals surface area contributed by atoms with Gasteiger partial charge in [0.15, 0.2) is 0 Å². The molecule has 50 valence electrons. The Hall–Kier alpha value is 0.210. The van der Waals surface area contributed by atoms with Crippen LogP contribution in [0.1, 0.15) is 12.8 Å². The highest BCUT2D eigenvalue weighted by atomic mass is 35.5. The topological polar surface area (TPSA) is 15.3 Å². The van der Waals surface area contributed by atoms with Crippen molar-refractivity contribution in [2.45, 2.75) is 12.8 Å². The van der Waals surface area contributed by atoms with E-state index in [1.807, 2.05) is 7.05 Å². The molecular formula is C5H13ClN2. The smallest absolute Gasteiger partial charge is 0.0131 e. The molecule has 1 heterocycles. The molecule has 8 heavy (non-hydrogen) atoms. The fourth-order valence-corrected chi connectivity index (χ4v) is 0.941. The van der Waals surface area contributed by atoms with Gasteiger partial charge in [-0.2, -0.15) is 0 Å². The molecular weight excluding hydrogens is 124 g/mol. The van der Waals surface area contributed by atoms with Gasteiger partial charge in [-0.25, -0.2) is 5.01 Å². The van der Waals surface area contributed by atoms with Crippen molar-refractivity contribution in [1.29, 1.82) is 0 Å². The lowest BCUT2D eigenvalue weighted by atomic mass is 10.4. The van der Waals surface area contributed by atoms with Crippen molar-refractivity contribution in [3.05, 3.63) is 0 Å². The zero-order chi connectivity index (χ0) is 5.11. The summed E-state index contributed by atoms with van der Waals surface area (Å²) in [7, 11) is 1.98. The largest absolute Gasteiger partial charge is 0.258 e. The van der Waals surface area contributed by atoms with E-state index < -0.39 is 0 Å². The molecule has 0 aliphatic carbocycles. The van der Waals surface area contributed by atoms with E-state index in [2.05, 4.69) is 10.4 Å². The van der Waals surface area contributed by atoms with Crippen LogP contribution < -0.4 is 5.43 Å². The van der Waals surface area contributed by atoms with Crippen molar-refractivity contribution < 1.29 is 0 Å². The predicted octanol–water partition coefficient (Wildman–Crippen LogP) is 0.638. The maximum Gasteiger partial charge on any atom is 0.0131 e. The summed E-state index contributed by atoms with van der Waals surface area (Å²) in [6, 6.07) is 0. The van der Waals surface area contributed by atoms with Gasteiger partial charge >= 0.3 is 0 Å². The van der Waals surface area contributed by atoms with Crippen LogP contribution in [-0.2, 0) is 0 Å². The highest BCUT2D eigenvalue weighted by Gasteiger charge is 2.06. The minimum Gasteiger partial charge on any atom is -0.258 e. The first kappa shape index (κ1) is 8.21. The van der Waals surface area contributed by atoms with Crippen LogP contribution in [0.2, 0.25) is 0 Å². The van der Waals surface area contributed by atoms with Gasteiger partial charge in [0.1, 0.15) is 0 Å². The first-order valence-corrected chi connectivity index (χ1v) is 2.86. The molecule has 0 aromatic rings. The zero-order valence-corrected chi connectivity index (χ0v) is 6.00. The Bertz CT molecular complexity index is 52.4. The molecule has 0 atom stereocenters. The lowest BCUT2D eigenvalue weighted by molar-refractivity contribution is 0.262. The maximum atomic E-state index is 3.10. The van der Waals surface area contributed by atoms with E-state index in [1.54, 1.807) is 0 Å². The van der Waals surface area contributed by atoms with Crippen molar-refractivity contribution >= 4 is 12.4 Å². The molecule has 0 unspecified atom stereocenters. The number of hydrogen-bond donors (Lipinski definition) is 1. The number of rotatable bonds is 1. The van der Waals surface area contributed by atoms with Crippen LogP contribution in [0.4, 0.5) is 0 Å². The zero-order valence-electron chi connectivity index (χ0n) is 5.18. The highest BCUT2D eigenvalue weighted by Crippen LogP contribution is 2.01. The summed E-state index contributed by atoms with van der Waals surface area (Å²) in [6.45, 7) is 2.47. The van der Waals surface area contributed by atoms with Crippen molar-refractivity contribution in [3.8, 4) is 0 Å². The Morgan fingerprint density at radius 3 is 2.00 bits per heavy atom. The summed E-state index contributed by atoms with van der Waals surface area (Å²) in [4.78, 5) is 0. The third-order valence-corrected chi connectivity index (χ3v) is 1.42. The van der Waals surface area contributed by atoms with Crippen molar-refractivity contribution in [2.24, 2.45) is 0 Å². The molecule has 0 amide bonds. The predicted molar refractivity (Wildman–Crippen MR) is 37.1 cm³/mol. The van der Waals surface area contributed by atoms with E-state index in [9.17, 15) is 0 Å². The van der Waals surface area contributed by atoms with E-state index >= 15 is 0 Å². The molecule has 1 saturated heterocycles. The molecule has 0 aromatic heterocycles. The maximum absolute atomic E-state index is 3.10. The molecule has 0 saturated carbocycles. The second-order valence-corrected chi connectivity index (χ2v) is 1.92. The minimum atomic E-state index is 0. The average molecular weight is 137 g/mol. The van der Waals surface area contributed by atoms with Crippen molar-refractivity contribution in [2.75, 3.05) is 20.1 Å². The van der Waals surface area contributed by atoms with Gasteiger partial charge in [-0.1, -0.05) is 0 Å². The molecule has 0 aromatic carbocycles. The van der Waals surface area contributed by atoms with Gasteiger partial charge in [0.2, 0.25) is 0 Å². The number of nitrogens with zero attached hydrogens (tertiary/aromatic N) is 1. The molecule has 1 aliphatic heterocycles. The molecule has 2 nitrogen and oxygen atoms in total. The summed E-state index contributed by atoms with van der Waals surface area (Å²) >= 11 is 0. The summed E-state index contributed by atoms with van der Waals surface area (Å²) in [5, 5.41) is 2.24. The van der Waals surface area contributed by atoms with Crippen LogP contribution in [0, 0.1) is 0 Å². The Labute approximate surface area is 56.6 Å². The third-order valence-electron chi connectivity index (χ3n) is 1.42. The van der Waals surface area contributed by atoms with E-state index in [1.165, 1.54) is 25.9 Å². The number of hydrazine groups is 1. The van der Waals surface area contributed by atoms with Crippen LogP contribution in [0.5, 0.6) is 0 Å². The lowest BCUT2D eigenvalue weighted by Crippen LogP contribution is -2.31. The van der Waals surface area contributed by atoms with Crippen LogP contribution in [0.3, 0.4) is 0 Å². The normalized spacial score (nSPS) is 20.6. The Balaban J connectivity index is 0.000000490. The Morgan fingerprint density at radius 2 is 1.75 bits per heavy atom. The molecule has 1 fully saturated rings. The molecule has 1 rings (SSSR count). The summed E-state index contributed by atoms with van der Waals surface area (Å²) in [5.41, 5.74) is 3.10. The molecule has 0 spiro atoms. The monoisotopic (exact) mass is 136 g/mol. The molecule has 1 aliphatic rings. The molecule has 1 N–H and O–H groups in total. The van der Waals surface area contributed by atoms with Gasteiger partial charge in [-0.15, -0.1) is 12.4 Å². The second kappa shape index (κ2) is 4.13. The fourth-order valence-electron chi connectivity index (χ4n) is 0.941. The van der Waals surface area contributed by atoms with E-state index in [0.717, 1.165) is 0 Å². The van der Waals surface area contributed by atoms with Crippen LogP contribution >= 0.6 is 12.4 Å². The average Bonchev–Trinajstić information content (AvgIpc) is 2.14. The number of halogens is 1. The quantitative estimate of drug-likeness (QED) is 0.569. The second-order valence-electron chi connectivity index (χ2n) is 1.92. The summed E-state index contributed by atoms with van der Waals surface area (Å²) in [5.74, 6) is 0. The standard InChI is InChI=1S/C5H12N2.ClH/c1-6-7-4-2-3-5-7;/h6H,2-5H2,1H3;1H. The van der Waals surface area contributed by atoms with Gasteiger partial charge < -0.3 is 0 Å². The number of nitrogens with one attached hydrogen (secondary N) is 1. The van der Waals surface area contributed by atoms with Gasteiger partial charge in [0.05, 0.1) is 0 Å². The Kier molecular flexibility index (Phi) is 4.23. The Morgan fingerprint density at radius 1 is 1.25 bits per heavy atom. The molecule has 0 radical (unpaired) electrons. The van der Waals surface area contributed by atoms with E-state index in [4.69, 9.17) is 0 Å². The first-order valence-electron chi connectivity index (χ1n) is 2.86. The third kappa shape index (κ3) is 1.99. The minimum absolute atomic E-state index is 0. The van der Waals surface area contributed by atoms with E-state index in [0.29, 0.717) is 0 Å². The van der Waals surface area contributed by atoms with E-state index in [-0.39, 0.29) is 12.4 Å². The fraction of sp³-hybridized carbons (Fsp3) is 1.00. The van der Waals surface area contributed by atoms with Crippen molar-refractivity contribution in [3.63, 3.8) is 0 Å². The summed E-state index contributed by atoms with van der Waals surface area (Å²) in [6.07, 6.45) is 2.72. The van der Waals surface area contributed by atoms with Crippen molar-refractivity contribution in [1.82, 2.24) is 10.4 Å². The van der Waals surface area contributed by atoms with Crippen LogP contribution in [0.15, 0.2) is 0 Å². The highest BCUT2D eigenvalue weighted by molar-refractivity contribution is 5.85. The SMILES string of the molecule is CNN1CCCC1.Cl. The lowest BCUT2D eigenvalue weighted by Gasteiger charge is -2.10. The van der Waals surface area contributed by atoms with Gasteiger partial charge in [0, 0.05) is 13.1 Å². The van der Waals surface area contributed by atoms with Gasteiger partial charge in [-0.3, -0.25) is 5.43 Å². The van der Waals surface area contributed by atoms with Crippen LogP contribution in [-0.4, -0.2) is 25.1 Å². The number of hydrogen-bond acceptors (Lipinski definition) is 2. The molecule has 3 heteroatoms. The van der Waals surface area contributed by atoms with Gasteiger partial charge in [0.25, 0.3) is 0 Å². The summed E-state index contributed by atoms with van der Waals surface area (Å²) < 4.78 is 0.